The third-order valence-corrected chi connectivity index (χ3v) is 5.57. The molecule has 1 N–H and O–H groups in total. The Morgan fingerprint density at radius 1 is 0.697 bits per heavy atom. The van der Waals surface area contributed by atoms with E-state index in [1.54, 1.807) is 0 Å². The van der Waals surface area contributed by atoms with E-state index in [9.17, 15) is 19.5 Å². The molecule has 0 radical (unpaired) electrons. The lowest BCUT2D eigenvalue weighted by molar-refractivity contribution is -0.156. The van der Waals surface area contributed by atoms with Gasteiger partial charge in [-0.3, -0.25) is 0 Å². The van der Waals surface area contributed by atoms with Crippen LogP contribution in [0.25, 0.3) is 0 Å². The van der Waals surface area contributed by atoms with Crippen molar-refractivity contribution in [3.8, 4) is 0 Å². The number of carbonyl (C=O) groups excluding carboxylic acids is 2. The van der Waals surface area contributed by atoms with Gasteiger partial charge in [0.1, 0.15) is 6.61 Å². The maximum atomic E-state index is 13.4. The van der Waals surface area contributed by atoms with Crippen molar-refractivity contribution in [2.24, 2.45) is 0 Å². The fourth-order valence-corrected chi connectivity index (χ4v) is 3.97. The third kappa shape index (κ3) is 5.03. The van der Waals surface area contributed by atoms with E-state index in [1.807, 2.05) is 91.0 Å². The van der Waals surface area contributed by atoms with E-state index in [4.69, 9.17) is 4.74 Å². The third-order valence-electron chi connectivity index (χ3n) is 5.57. The van der Waals surface area contributed by atoms with Gasteiger partial charge in [0.15, 0.2) is 12.1 Å². The van der Waals surface area contributed by atoms with Crippen molar-refractivity contribution in [3.63, 3.8) is 0 Å². The summed E-state index contributed by atoms with van der Waals surface area (Å²) in [4.78, 5) is 41.4. The number of ether oxygens (including phenoxy) is 1. The molecule has 1 aliphatic rings. The normalized spacial score (nSPS) is 17.8. The fraction of sp³-hybridized carbons (Fsp3) is 0.192. The summed E-state index contributed by atoms with van der Waals surface area (Å²) < 4.78 is 5.48. The number of benzene rings is 3. The average molecular weight is 444 g/mol. The number of aliphatic carboxylic acids is 1. The van der Waals surface area contributed by atoms with E-state index < -0.39 is 30.1 Å². The van der Waals surface area contributed by atoms with Gasteiger partial charge in [0.25, 0.3) is 0 Å². The molecule has 7 nitrogen and oxygen atoms in total. The number of carboxylic acids is 1. The predicted octanol–water partition coefficient (Wildman–Crippen LogP) is 3.69. The van der Waals surface area contributed by atoms with Crippen LogP contribution in [0.5, 0.6) is 0 Å². The maximum Gasteiger partial charge on any atom is 0.332 e. The topological polar surface area (TPSA) is 87.1 Å². The Labute approximate surface area is 191 Å². The van der Waals surface area contributed by atoms with Gasteiger partial charge in [0.2, 0.25) is 0 Å². The van der Waals surface area contributed by atoms with Crippen molar-refractivity contribution < 1.29 is 24.2 Å². The van der Waals surface area contributed by atoms with Crippen molar-refractivity contribution in [1.29, 1.82) is 0 Å². The van der Waals surface area contributed by atoms with Crippen LogP contribution in [0.2, 0.25) is 0 Å². The minimum absolute atomic E-state index is 0.00539. The summed E-state index contributed by atoms with van der Waals surface area (Å²) in [6, 6.07) is 24.2. The van der Waals surface area contributed by atoms with Gasteiger partial charge in [-0.25, -0.2) is 14.4 Å². The second-order valence-electron chi connectivity index (χ2n) is 7.83. The van der Waals surface area contributed by atoms with Crippen LogP contribution in [0.3, 0.4) is 0 Å². The van der Waals surface area contributed by atoms with Crippen LogP contribution in [0, 0.1) is 0 Å². The first-order chi connectivity index (χ1) is 16.0. The van der Waals surface area contributed by atoms with E-state index in [2.05, 4.69) is 0 Å². The first kappa shape index (κ1) is 22.1. The minimum Gasteiger partial charge on any atom is -0.480 e. The predicted molar refractivity (Wildman–Crippen MR) is 121 cm³/mol. The van der Waals surface area contributed by atoms with Crippen LogP contribution < -0.4 is 0 Å². The van der Waals surface area contributed by atoms with Gasteiger partial charge in [-0.2, -0.15) is 0 Å². The standard InChI is InChI=1S/C26H24N2O5/c29-24(30)22-23(25(31)33-18-21-14-8-3-9-15-21)28(17-20-12-6-2-7-13-20)26(32)27(22)16-19-10-4-1-5-11-19/h1-15,22-23H,16-18H2,(H,29,30)/t22-,23+/m1/s1. The monoisotopic (exact) mass is 444 g/mol. The molecule has 1 heterocycles. The zero-order chi connectivity index (χ0) is 23.2. The number of urea groups is 1. The molecule has 0 unspecified atom stereocenters. The number of esters is 1. The van der Waals surface area contributed by atoms with Crippen LogP contribution in [-0.2, 0) is 34.0 Å². The van der Waals surface area contributed by atoms with Gasteiger partial charge < -0.3 is 19.6 Å². The highest BCUT2D eigenvalue weighted by atomic mass is 16.5. The molecule has 168 valence electrons. The molecular formula is C26H24N2O5. The van der Waals surface area contributed by atoms with Gasteiger partial charge in [-0.05, 0) is 16.7 Å². The number of carbonyl (C=O) groups is 3. The molecule has 7 heteroatoms. The van der Waals surface area contributed by atoms with Gasteiger partial charge in [0, 0.05) is 13.1 Å². The summed E-state index contributed by atoms with van der Waals surface area (Å²) in [5.74, 6) is -2.00. The highest BCUT2D eigenvalue weighted by Gasteiger charge is 2.53. The molecule has 2 amide bonds. The Balaban J connectivity index is 1.63. The highest BCUT2D eigenvalue weighted by molar-refractivity contribution is 5.96. The van der Waals surface area contributed by atoms with Crippen LogP contribution in [0.1, 0.15) is 16.7 Å². The van der Waals surface area contributed by atoms with Crippen LogP contribution in [0.15, 0.2) is 91.0 Å². The lowest BCUT2D eigenvalue weighted by Crippen LogP contribution is -2.48. The van der Waals surface area contributed by atoms with Crippen molar-refractivity contribution in [2.75, 3.05) is 0 Å². The summed E-state index contributed by atoms with van der Waals surface area (Å²) in [5, 5.41) is 10.0. The molecule has 0 aromatic heterocycles. The molecule has 33 heavy (non-hydrogen) atoms. The number of hydrogen-bond donors (Lipinski definition) is 1. The molecule has 0 bridgehead atoms. The lowest BCUT2D eigenvalue weighted by atomic mass is 10.1. The Morgan fingerprint density at radius 2 is 1.12 bits per heavy atom. The van der Waals surface area contributed by atoms with Gasteiger partial charge >= 0.3 is 18.0 Å². The van der Waals surface area contributed by atoms with Crippen molar-refractivity contribution in [3.05, 3.63) is 108 Å². The van der Waals surface area contributed by atoms with Crippen LogP contribution >= 0.6 is 0 Å². The summed E-state index contributed by atoms with van der Waals surface area (Å²) in [5.41, 5.74) is 2.34. The SMILES string of the molecule is O=C(OCc1ccccc1)[C@@H]1[C@H](C(=O)O)N(Cc2ccccc2)C(=O)N1Cc1ccccc1. The Bertz CT molecular complexity index is 1110. The second-order valence-corrected chi connectivity index (χ2v) is 7.83. The fourth-order valence-electron chi connectivity index (χ4n) is 3.97. The van der Waals surface area contributed by atoms with Crippen molar-refractivity contribution in [2.45, 2.75) is 31.8 Å². The van der Waals surface area contributed by atoms with Crippen molar-refractivity contribution in [1.82, 2.24) is 9.80 Å². The number of amides is 2. The summed E-state index contributed by atoms with van der Waals surface area (Å²) in [7, 11) is 0. The van der Waals surface area contributed by atoms with Crippen LogP contribution in [0.4, 0.5) is 4.79 Å². The van der Waals surface area contributed by atoms with Gasteiger partial charge in [-0.15, -0.1) is 0 Å². The minimum atomic E-state index is -1.37. The number of rotatable bonds is 8. The molecule has 3 aromatic carbocycles. The van der Waals surface area contributed by atoms with E-state index in [1.165, 1.54) is 9.80 Å². The Kier molecular flexibility index (Phi) is 6.69. The average Bonchev–Trinajstić information content (AvgIpc) is 3.11. The molecule has 3 aromatic rings. The van der Waals surface area contributed by atoms with Crippen LogP contribution in [-0.4, -0.2) is 45.0 Å². The zero-order valence-corrected chi connectivity index (χ0v) is 17.9. The van der Waals surface area contributed by atoms with E-state index in [0.29, 0.717) is 0 Å². The summed E-state index contributed by atoms with van der Waals surface area (Å²) >= 11 is 0. The molecule has 0 saturated carbocycles. The molecule has 2 atom stereocenters. The molecular weight excluding hydrogens is 420 g/mol. The first-order valence-corrected chi connectivity index (χ1v) is 10.6. The largest absolute Gasteiger partial charge is 0.480 e. The van der Waals surface area contributed by atoms with Gasteiger partial charge in [0.05, 0.1) is 0 Å². The van der Waals surface area contributed by atoms with E-state index in [0.717, 1.165) is 16.7 Å². The van der Waals surface area contributed by atoms with Crippen molar-refractivity contribution >= 4 is 18.0 Å². The number of nitrogens with zero attached hydrogens (tertiary/aromatic N) is 2. The Morgan fingerprint density at radius 3 is 1.58 bits per heavy atom. The highest BCUT2D eigenvalue weighted by Crippen LogP contribution is 2.29. The maximum absolute atomic E-state index is 13.4. The number of carboxylic acid groups (broad SMARTS) is 1. The quantitative estimate of drug-likeness (QED) is 0.536. The zero-order valence-electron chi connectivity index (χ0n) is 17.9. The molecule has 0 aliphatic carbocycles. The molecule has 1 fully saturated rings. The molecule has 1 saturated heterocycles. The summed E-state index contributed by atoms with van der Waals surface area (Å²) in [6.45, 7) is 0.165. The van der Waals surface area contributed by atoms with Gasteiger partial charge in [-0.1, -0.05) is 91.0 Å². The molecule has 1 aliphatic heterocycles. The second kappa shape index (κ2) is 9.99. The number of hydrogen-bond acceptors (Lipinski definition) is 4. The van der Waals surface area contributed by atoms with E-state index in [-0.39, 0.29) is 19.7 Å². The smallest absolute Gasteiger partial charge is 0.332 e. The molecule has 0 spiro atoms. The molecule has 4 rings (SSSR count). The van der Waals surface area contributed by atoms with E-state index >= 15 is 0 Å². The lowest BCUT2D eigenvalue weighted by Gasteiger charge is -2.24. The Hall–Kier alpha value is -4.13. The summed E-state index contributed by atoms with van der Waals surface area (Å²) in [6.07, 6.45) is 0. The first-order valence-electron chi connectivity index (χ1n) is 10.6.